The number of nitrogens with zero attached hydrogens (tertiary/aromatic N) is 2. The quantitative estimate of drug-likeness (QED) is 0.631. The fraction of sp³-hybridized carbons (Fsp3) is 0.429. The zero-order valence-electron chi connectivity index (χ0n) is 6.90. The molecule has 0 aliphatic rings. The number of carbonyl (C=O) groups excluding carboxylic acids is 1. The van der Waals surface area contributed by atoms with E-state index in [0.29, 0.717) is 0 Å². The maximum absolute atomic E-state index is 10.6. The maximum Gasteiger partial charge on any atom is 0.237 e. The first kappa shape index (κ1) is 8.73. The van der Waals surface area contributed by atoms with Gasteiger partial charge in [-0.15, -0.1) is 0 Å². The molecule has 1 rings (SSSR count). The summed E-state index contributed by atoms with van der Waals surface area (Å²) in [5.74, 6) is -0.394. The molecule has 0 aliphatic carbocycles. The van der Waals surface area contributed by atoms with Crippen LogP contribution in [0.15, 0.2) is 12.5 Å². The van der Waals surface area contributed by atoms with Crippen LogP contribution < -0.4 is 11.5 Å². The molecule has 1 heterocycles. The molecule has 0 fully saturated rings. The summed E-state index contributed by atoms with van der Waals surface area (Å²) in [4.78, 5) is 14.4. The fourth-order valence-electron chi connectivity index (χ4n) is 1.01. The molecule has 4 N–H and O–H groups in total. The van der Waals surface area contributed by atoms with Crippen LogP contribution in [0.4, 0.5) is 0 Å². The number of amides is 1. The highest BCUT2D eigenvalue weighted by Crippen LogP contribution is 2.07. The largest absolute Gasteiger partial charge is 0.368 e. The lowest BCUT2D eigenvalue weighted by molar-refractivity contribution is -0.118. The van der Waals surface area contributed by atoms with Gasteiger partial charge in [-0.3, -0.25) is 4.79 Å². The molecular weight excluding hydrogens is 156 g/mol. The van der Waals surface area contributed by atoms with Gasteiger partial charge >= 0.3 is 0 Å². The second-order valence-corrected chi connectivity index (χ2v) is 2.70. The van der Waals surface area contributed by atoms with Gasteiger partial charge in [0, 0.05) is 12.2 Å². The average molecular weight is 168 g/mol. The van der Waals surface area contributed by atoms with Gasteiger partial charge < -0.3 is 16.0 Å². The molecular formula is C7H12N4O. The Bertz CT molecular complexity index is 279. The fourth-order valence-corrected chi connectivity index (χ4v) is 1.01. The van der Waals surface area contributed by atoms with Crippen molar-refractivity contribution in [3.63, 3.8) is 0 Å². The molecule has 1 unspecified atom stereocenters. The number of imidazole rings is 1. The minimum atomic E-state index is -0.394. The van der Waals surface area contributed by atoms with Gasteiger partial charge in [0.15, 0.2) is 0 Å². The Hall–Kier alpha value is -1.36. The second kappa shape index (κ2) is 3.36. The van der Waals surface area contributed by atoms with Crippen molar-refractivity contribution in [3.8, 4) is 0 Å². The molecule has 5 nitrogen and oxygen atoms in total. The lowest BCUT2D eigenvalue weighted by atomic mass is 10.3. The highest BCUT2D eigenvalue weighted by Gasteiger charge is 2.07. The molecule has 0 spiro atoms. The molecule has 1 amide bonds. The van der Waals surface area contributed by atoms with Gasteiger partial charge in [0.25, 0.3) is 0 Å². The van der Waals surface area contributed by atoms with E-state index in [2.05, 4.69) is 4.98 Å². The van der Waals surface area contributed by atoms with E-state index in [0.717, 1.165) is 5.69 Å². The molecule has 66 valence electrons. The normalized spacial score (nSPS) is 12.8. The molecule has 5 heteroatoms. The molecule has 0 saturated carbocycles. The Balaban J connectivity index is 2.84. The number of aromatic nitrogens is 2. The van der Waals surface area contributed by atoms with E-state index in [4.69, 9.17) is 11.5 Å². The molecule has 0 radical (unpaired) electrons. The van der Waals surface area contributed by atoms with Crippen molar-refractivity contribution >= 4 is 5.91 Å². The number of primary amides is 1. The SMILES string of the molecule is CC(N)c1cncn1CC(N)=O. The molecule has 1 aromatic heterocycles. The zero-order chi connectivity index (χ0) is 9.14. The van der Waals surface area contributed by atoms with Crippen molar-refractivity contribution in [2.45, 2.75) is 19.5 Å². The van der Waals surface area contributed by atoms with E-state index >= 15 is 0 Å². The molecule has 0 aromatic carbocycles. The van der Waals surface area contributed by atoms with Crippen molar-refractivity contribution in [2.75, 3.05) is 0 Å². The van der Waals surface area contributed by atoms with E-state index in [1.165, 1.54) is 0 Å². The van der Waals surface area contributed by atoms with Gasteiger partial charge in [-0.1, -0.05) is 0 Å². The lowest BCUT2D eigenvalue weighted by Gasteiger charge is -2.07. The van der Waals surface area contributed by atoms with Crippen LogP contribution >= 0.6 is 0 Å². The third-order valence-corrected chi connectivity index (χ3v) is 1.54. The lowest BCUT2D eigenvalue weighted by Crippen LogP contribution is -2.21. The summed E-state index contributed by atoms with van der Waals surface area (Å²) >= 11 is 0. The Kier molecular flexibility index (Phi) is 2.44. The molecule has 0 aliphatic heterocycles. The predicted molar refractivity (Wildman–Crippen MR) is 44.0 cm³/mol. The van der Waals surface area contributed by atoms with Gasteiger partial charge in [-0.25, -0.2) is 4.98 Å². The van der Waals surface area contributed by atoms with Crippen molar-refractivity contribution in [1.82, 2.24) is 9.55 Å². The van der Waals surface area contributed by atoms with Gasteiger partial charge in [-0.05, 0) is 6.92 Å². The molecule has 1 atom stereocenters. The molecule has 0 bridgehead atoms. The smallest absolute Gasteiger partial charge is 0.237 e. The minimum Gasteiger partial charge on any atom is -0.368 e. The molecule has 0 saturated heterocycles. The highest BCUT2D eigenvalue weighted by molar-refractivity contribution is 5.73. The first-order valence-corrected chi connectivity index (χ1v) is 3.65. The first-order chi connectivity index (χ1) is 5.61. The predicted octanol–water partition coefficient (Wildman–Crippen LogP) is -0.612. The van der Waals surface area contributed by atoms with Crippen LogP contribution in [-0.4, -0.2) is 15.5 Å². The summed E-state index contributed by atoms with van der Waals surface area (Å²) in [7, 11) is 0. The standard InChI is InChI=1S/C7H12N4O/c1-5(8)6-2-10-4-11(6)3-7(9)12/h2,4-5H,3,8H2,1H3,(H2,9,12). The Labute approximate surface area is 70.4 Å². The van der Waals surface area contributed by atoms with Crippen LogP contribution in [0, 0.1) is 0 Å². The Morgan fingerprint density at radius 1 is 1.83 bits per heavy atom. The van der Waals surface area contributed by atoms with Crippen LogP contribution in [0.3, 0.4) is 0 Å². The van der Waals surface area contributed by atoms with Crippen molar-refractivity contribution in [3.05, 3.63) is 18.2 Å². The van der Waals surface area contributed by atoms with Crippen molar-refractivity contribution in [2.24, 2.45) is 11.5 Å². The molecule has 12 heavy (non-hydrogen) atoms. The first-order valence-electron chi connectivity index (χ1n) is 3.65. The summed E-state index contributed by atoms with van der Waals surface area (Å²) in [6, 6.07) is -0.133. The van der Waals surface area contributed by atoms with E-state index in [-0.39, 0.29) is 12.6 Å². The van der Waals surface area contributed by atoms with Gasteiger partial charge in [0.1, 0.15) is 6.54 Å². The average Bonchev–Trinajstić information content (AvgIpc) is 2.33. The van der Waals surface area contributed by atoms with Gasteiger partial charge in [-0.2, -0.15) is 0 Å². The van der Waals surface area contributed by atoms with Crippen LogP contribution in [0.1, 0.15) is 18.7 Å². The highest BCUT2D eigenvalue weighted by atomic mass is 16.1. The van der Waals surface area contributed by atoms with Crippen LogP contribution in [0.2, 0.25) is 0 Å². The maximum atomic E-state index is 10.6. The van der Waals surface area contributed by atoms with E-state index in [1.807, 2.05) is 6.92 Å². The Morgan fingerprint density at radius 2 is 2.50 bits per heavy atom. The zero-order valence-corrected chi connectivity index (χ0v) is 6.90. The third kappa shape index (κ3) is 1.82. The number of hydrogen-bond acceptors (Lipinski definition) is 3. The topological polar surface area (TPSA) is 86.9 Å². The summed E-state index contributed by atoms with van der Waals surface area (Å²) < 4.78 is 1.65. The van der Waals surface area contributed by atoms with Crippen molar-refractivity contribution in [1.29, 1.82) is 0 Å². The van der Waals surface area contributed by atoms with E-state index < -0.39 is 5.91 Å². The number of hydrogen-bond donors (Lipinski definition) is 2. The Morgan fingerprint density at radius 3 is 3.00 bits per heavy atom. The van der Waals surface area contributed by atoms with Gasteiger partial charge in [0.05, 0.1) is 12.0 Å². The van der Waals surface area contributed by atoms with Gasteiger partial charge in [0.2, 0.25) is 5.91 Å². The summed E-state index contributed by atoms with van der Waals surface area (Å²) in [6.45, 7) is 1.96. The second-order valence-electron chi connectivity index (χ2n) is 2.70. The monoisotopic (exact) mass is 168 g/mol. The van der Waals surface area contributed by atoms with Crippen LogP contribution in [-0.2, 0) is 11.3 Å². The summed E-state index contributed by atoms with van der Waals surface area (Å²) in [5, 5.41) is 0. The minimum absolute atomic E-state index is 0.133. The number of nitrogens with two attached hydrogens (primary N) is 2. The third-order valence-electron chi connectivity index (χ3n) is 1.54. The summed E-state index contributed by atoms with van der Waals surface area (Å²) in [6.07, 6.45) is 3.18. The van der Waals surface area contributed by atoms with Crippen LogP contribution in [0.25, 0.3) is 0 Å². The number of rotatable bonds is 3. The summed E-state index contributed by atoms with van der Waals surface area (Å²) in [5.41, 5.74) is 11.5. The number of carbonyl (C=O) groups is 1. The van der Waals surface area contributed by atoms with E-state index in [9.17, 15) is 4.79 Å². The van der Waals surface area contributed by atoms with E-state index in [1.54, 1.807) is 17.1 Å². The van der Waals surface area contributed by atoms with Crippen molar-refractivity contribution < 1.29 is 4.79 Å². The molecule has 1 aromatic rings. The van der Waals surface area contributed by atoms with Crippen LogP contribution in [0.5, 0.6) is 0 Å².